The molecule has 2 aliphatic rings. The molecule has 0 spiro atoms. The summed E-state index contributed by atoms with van der Waals surface area (Å²) in [5.41, 5.74) is 0.625. The van der Waals surface area contributed by atoms with Crippen molar-refractivity contribution in [2.24, 2.45) is 5.92 Å². The number of rotatable bonds is 2. The zero-order valence-corrected chi connectivity index (χ0v) is 9.77. The molecule has 4 nitrogen and oxygen atoms in total. The number of hydrogen-bond donors (Lipinski definition) is 1. The molecule has 0 saturated carbocycles. The lowest BCUT2D eigenvalue weighted by molar-refractivity contribution is -0.0336. The van der Waals surface area contributed by atoms with E-state index in [4.69, 9.17) is 4.74 Å². The number of amides is 2. The highest BCUT2D eigenvalue weighted by atomic mass is 16.5. The molecule has 88 valence electrons. The minimum Gasteiger partial charge on any atom is -0.354 e. The molecule has 2 amide bonds. The van der Waals surface area contributed by atoms with Crippen molar-refractivity contribution in [2.45, 2.75) is 39.0 Å². The predicted octanol–water partition coefficient (Wildman–Crippen LogP) is 2.20. The van der Waals surface area contributed by atoms with E-state index in [0.717, 1.165) is 12.8 Å². The second kappa shape index (κ2) is 4.29. The maximum Gasteiger partial charge on any atom is 0.327 e. The molecule has 1 N–H and O–H groups in total. The minimum absolute atomic E-state index is 0.128. The summed E-state index contributed by atoms with van der Waals surface area (Å²) in [6.45, 7) is 7.96. The first-order valence-corrected chi connectivity index (χ1v) is 5.70. The smallest absolute Gasteiger partial charge is 0.327 e. The Balaban J connectivity index is 2.02. The monoisotopic (exact) mass is 222 g/mol. The van der Waals surface area contributed by atoms with E-state index in [9.17, 15) is 4.79 Å². The van der Waals surface area contributed by atoms with Gasteiger partial charge in [-0.05, 0) is 24.8 Å². The van der Waals surface area contributed by atoms with Gasteiger partial charge < -0.3 is 10.1 Å². The van der Waals surface area contributed by atoms with Crippen molar-refractivity contribution in [3.8, 4) is 0 Å². The quantitative estimate of drug-likeness (QED) is 0.778. The third-order valence-corrected chi connectivity index (χ3v) is 3.02. The van der Waals surface area contributed by atoms with Gasteiger partial charge in [0.2, 0.25) is 0 Å². The van der Waals surface area contributed by atoms with Crippen LogP contribution in [0.5, 0.6) is 0 Å². The number of urea groups is 1. The Bertz CT molecular complexity index is 336. The molecule has 2 atom stereocenters. The van der Waals surface area contributed by atoms with E-state index in [0.29, 0.717) is 11.6 Å². The largest absolute Gasteiger partial charge is 0.354 e. The van der Waals surface area contributed by atoms with Gasteiger partial charge in [0.05, 0.1) is 6.10 Å². The molecular weight excluding hydrogens is 204 g/mol. The molecule has 0 aromatic carbocycles. The Labute approximate surface area is 95.9 Å². The van der Waals surface area contributed by atoms with Crippen LogP contribution in [-0.4, -0.2) is 23.3 Å². The average molecular weight is 222 g/mol. The first-order chi connectivity index (χ1) is 7.58. The molecule has 1 saturated heterocycles. The normalized spacial score (nSPS) is 30.1. The predicted molar refractivity (Wildman–Crippen MR) is 61.4 cm³/mol. The standard InChI is InChI=1S/C12H18N2O2/c1-8(2)10-4-5-11(16-10)14-7-6-9(3)13-12(14)15/h6-8,10-11H,3-5H2,1-2H3,(H,13,15). The molecule has 0 aliphatic carbocycles. The van der Waals surface area contributed by atoms with Crippen molar-refractivity contribution in [1.82, 2.24) is 10.2 Å². The van der Waals surface area contributed by atoms with Crippen molar-refractivity contribution >= 4 is 6.03 Å². The van der Waals surface area contributed by atoms with Gasteiger partial charge in [0.25, 0.3) is 0 Å². The number of nitrogens with one attached hydrogen (secondary N) is 1. The van der Waals surface area contributed by atoms with E-state index in [2.05, 4.69) is 25.7 Å². The molecular formula is C12H18N2O2. The first-order valence-electron chi connectivity index (χ1n) is 5.70. The van der Waals surface area contributed by atoms with Gasteiger partial charge >= 0.3 is 6.03 Å². The molecule has 16 heavy (non-hydrogen) atoms. The summed E-state index contributed by atoms with van der Waals surface area (Å²) in [7, 11) is 0. The molecule has 2 aliphatic heterocycles. The van der Waals surface area contributed by atoms with Crippen LogP contribution in [0, 0.1) is 5.92 Å². The highest BCUT2D eigenvalue weighted by Crippen LogP contribution is 2.28. The molecule has 4 heteroatoms. The minimum atomic E-state index is -0.151. The van der Waals surface area contributed by atoms with Crippen LogP contribution in [0.15, 0.2) is 24.6 Å². The third kappa shape index (κ3) is 2.11. The number of carbonyl (C=O) groups is 1. The second-order valence-electron chi connectivity index (χ2n) is 4.63. The number of ether oxygens (including phenoxy) is 1. The van der Waals surface area contributed by atoms with Crippen LogP contribution in [0.2, 0.25) is 0 Å². The summed E-state index contributed by atoms with van der Waals surface area (Å²) in [6.07, 6.45) is 5.57. The van der Waals surface area contributed by atoms with Gasteiger partial charge in [-0.25, -0.2) is 4.79 Å². The van der Waals surface area contributed by atoms with Crippen LogP contribution in [0.3, 0.4) is 0 Å². The number of allylic oxidation sites excluding steroid dienone is 1. The fraction of sp³-hybridized carbons (Fsp3) is 0.583. The fourth-order valence-electron chi connectivity index (χ4n) is 2.05. The summed E-state index contributed by atoms with van der Waals surface area (Å²) in [5.74, 6) is 0.497. The highest BCUT2D eigenvalue weighted by Gasteiger charge is 2.33. The molecule has 0 radical (unpaired) electrons. The Morgan fingerprint density at radius 1 is 1.56 bits per heavy atom. The first kappa shape index (κ1) is 11.2. The summed E-state index contributed by atoms with van der Waals surface area (Å²) >= 11 is 0. The lowest BCUT2D eigenvalue weighted by Crippen LogP contribution is -2.44. The SMILES string of the molecule is C=C1C=CN(C2CCC(C(C)C)O2)C(=O)N1. The Kier molecular flexibility index (Phi) is 3.01. The summed E-state index contributed by atoms with van der Waals surface area (Å²) < 4.78 is 5.85. The van der Waals surface area contributed by atoms with Crippen molar-refractivity contribution in [1.29, 1.82) is 0 Å². The van der Waals surface area contributed by atoms with Crippen LogP contribution in [0.25, 0.3) is 0 Å². The Hall–Kier alpha value is -1.29. The van der Waals surface area contributed by atoms with Crippen molar-refractivity contribution in [3.63, 3.8) is 0 Å². The second-order valence-corrected chi connectivity index (χ2v) is 4.63. The third-order valence-electron chi connectivity index (χ3n) is 3.02. The topological polar surface area (TPSA) is 41.6 Å². The van der Waals surface area contributed by atoms with Crippen LogP contribution < -0.4 is 5.32 Å². The number of nitrogens with zero attached hydrogens (tertiary/aromatic N) is 1. The maximum absolute atomic E-state index is 11.7. The fourth-order valence-corrected chi connectivity index (χ4v) is 2.05. The van der Waals surface area contributed by atoms with Crippen LogP contribution in [0.1, 0.15) is 26.7 Å². The lowest BCUT2D eigenvalue weighted by atomic mass is 10.0. The highest BCUT2D eigenvalue weighted by molar-refractivity contribution is 5.79. The number of hydrogen-bond acceptors (Lipinski definition) is 2. The molecule has 2 heterocycles. The van der Waals surface area contributed by atoms with Gasteiger partial charge in [0, 0.05) is 11.9 Å². The van der Waals surface area contributed by atoms with Gasteiger partial charge in [-0.2, -0.15) is 0 Å². The van der Waals surface area contributed by atoms with Crippen molar-refractivity contribution in [2.75, 3.05) is 0 Å². The molecule has 0 aromatic rings. The lowest BCUT2D eigenvalue weighted by Gasteiger charge is -2.29. The zero-order valence-electron chi connectivity index (χ0n) is 9.77. The average Bonchev–Trinajstić information content (AvgIpc) is 2.66. The van der Waals surface area contributed by atoms with Crippen LogP contribution >= 0.6 is 0 Å². The van der Waals surface area contributed by atoms with Gasteiger partial charge in [-0.3, -0.25) is 4.90 Å². The maximum atomic E-state index is 11.7. The molecule has 0 aromatic heterocycles. The Morgan fingerprint density at radius 3 is 2.88 bits per heavy atom. The van der Waals surface area contributed by atoms with Crippen LogP contribution in [0.4, 0.5) is 4.79 Å². The van der Waals surface area contributed by atoms with Crippen LogP contribution in [-0.2, 0) is 4.74 Å². The number of carbonyl (C=O) groups excluding carboxylic acids is 1. The molecule has 2 rings (SSSR count). The van der Waals surface area contributed by atoms with E-state index in [1.165, 1.54) is 0 Å². The van der Waals surface area contributed by atoms with E-state index < -0.39 is 0 Å². The van der Waals surface area contributed by atoms with E-state index in [1.807, 2.05) is 0 Å². The Morgan fingerprint density at radius 2 is 2.31 bits per heavy atom. The molecule has 1 fully saturated rings. The van der Waals surface area contributed by atoms with Crippen molar-refractivity contribution in [3.05, 3.63) is 24.6 Å². The summed E-state index contributed by atoms with van der Waals surface area (Å²) in [6, 6.07) is -0.151. The van der Waals surface area contributed by atoms with Gasteiger partial charge in [0.15, 0.2) is 0 Å². The van der Waals surface area contributed by atoms with E-state index >= 15 is 0 Å². The molecule has 0 bridgehead atoms. The summed E-state index contributed by atoms with van der Waals surface area (Å²) in [4.78, 5) is 13.3. The van der Waals surface area contributed by atoms with Gasteiger partial charge in [-0.15, -0.1) is 0 Å². The summed E-state index contributed by atoms with van der Waals surface area (Å²) in [5, 5.41) is 2.68. The zero-order chi connectivity index (χ0) is 11.7. The molecule has 2 unspecified atom stereocenters. The van der Waals surface area contributed by atoms with Crippen molar-refractivity contribution < 1.29 is 9.53 Å². The van der Waals surface area contributed by atoms with E-state index in [-0.39, 0.29) is 18.4 Å². The van der Waals surface area contributed by atoms with Gasteiger partial charge in [-0.1, -0.05) is 20.4 Å². The van der Waals surface area contributed by atoms with E-state index in [1.54, 1.807) is 17.2 Å². The van der Waals surface area contributed by atoms with Gasteiger partial charge in [0.1, 0.15) is 6.23 Å².